The smallest absolute Gasteiger partial charge is 0.387 e. The minimum absolute atomic E-state index is 0.125. The van der Waals surface area contributed by atoms with E-state index in [1.165, 1.54) is 6.07 Å². The lowest BCUT2D eigenvalue weighted by Crippen LogP contribution is -2.37. The van der Waals surface area contributed by atoms with Crippen LogP contribution in [0.2, 0.25) is 0 Å². The Morgan fingerprint density at radius 3 is 2.79 bits per heavy atom. The van der Waals surface area contributed by atoms with Gasteiger partial charge in [0.2, 0.25) is 0 Å². The van der Waals surface area contributed by atoms with Gasteiger partial charge in [-0.15, -0.1) is 10.2 Å². The second-order valence-electron chi connectivity index (χ2n) is 4.89. The van der Waals surface area contributed by atoms with E-state index in [4.69, 9.17) is 0 Å². The molecule has 0 aliphatic heterocycles. The number of aryl methyl sites for hydroxylation is 1. The summed E-state index contributed by atoms with van der Waals surface area (Å²) in [5, 5.41) is 14.0. The van der Waals surface area contributed by atoms with Gasteiger partial charge in [0.1, 0.15) is 12.1 Å². The molecular formula is C15H20F2N6O. The summed E-state index contributed by atoms with van der Waals surface area (Å²) in [7, 11) is 1.85. The van der Waals surface area contributed by atoms with Crippen molar-refractivity contribution in [1.29, 1.82) is 0 Å². The Labute approximate surface area is 138 Å². The molecule has 2 N–H and O–H groups in total. The molecule has 9 heteroatoms. The summed E-state index contributed by atoms with van der Waals surface area (Å²) in [6.45, 7) is 0.388. The Balaban J connectivity index is 2.04. The van der Waals surface area contributed by atoms with Gasteiger partial charge in [-0.05, 0) is 13.0 Å². The number of hydrogen-bond donors (Lipinski definition) is 2. The number of benzene rings is 1. The molecule has 0 bridgehead atoms. The number of nitrogens with zero attached hydrogens (tertiary/aromatic N) is 4. The molecule has 1 heterocycles. The summed E-state index contributed by atoms with van der Waals surface area (Å²) in [6, 6.07) is 6.59. The van der Waals surface area contributed by atoms with E-state index in [-0.39, 0.29) is 12.3 Å². The molecule has 7 nitrogen and oxygen atoms in total. The first-order valence-electron chi connectivity index (χ1n) is 7.48. The molecule has 2 aromatic rings. The predicted octanol–water partition coefficient (Wildman–Crippen LogP) is 1.67. The zero-order chi connectivity index (χ0) is 17.4. The van der Waals surface area contributed by atoms with Gasteiger partial charge in [-0.25, -0.2) is 4.99 Å². The van der Waals surface area contributed by atoms with Crippen molar-refractivity contribution in [3.05, 3.63) is 42.0 Å². The van der Waals surface area contributed by atoms with Crippen LogP contribution < -0.4 is 15.4 Å². The molecule has 0 radical (unpaired) electrons. The maximum atomic E-state index is 12.4. The number of aromatic nitrogens is 3. The first-order chi connectivity index (χ1) is 11.6. The molecule has 0 spiro atoms. The first-order valence-corrected chi connectivity index (χ1v) is 7.48. The number of hydrogen-bond acceptors (Lipinski definition) is 4. The topological polar surface area (TPSA) is 76.4 Å². The SMILES string of the molecule is CCNC(=NCc1ccccc1OC(F)F)NCc1nncn1C. The summed E-state index contributed by atoms with van der Waals surface area (Å²) in [4.78, 5) is 4.39. The number of rotatable bonds is 7. The van der Waals surface area contributed by atoms with Crippen LogP contribution >= 0.6 is 0 Å². The van der Waals surface area contributed by atoms with E-state index in [0.717, 1.165) is 5.82 Å². The van der Waals surface area contributed by atoms with Gasteiger partial charge in [-0.3, -0.25) is 0 Å². The Hall–Kier alpha value is -2.71. The molecule has 0 amide bonds. The fourth-order valence-electron chi connectivity index (χ4n) is 1.98. The van der Waals surface area contributed by atoms with E-state index in [9.17, 15) is 8.78 Å². The standard InChI is InChI=1S/C15H20F2N6O/c1-3-18-15(20-9-13-22-21-10-23(13)2)19-8-11-6-4-5-7-12(11)24-14(16)17/h4-7,10,14H,3,8-9H2,1-2H3,(H2,18,19,20). The van der Waals surface area contributed by atoms with E-state index < -0.39 is 6.61 Å². The van der Waals surface area contributed by atoms with Gasteiger partial charge >= 0.3 is 6.61 Å². The third-order valence-corrected chi connectivity index (χ3v) is 3.16. The van der Waals surface area contributed by atoms with Gasteiger partial charge in [-0.2, -0.15) is 8.78 Å². The highest BCUT2D eigenvalue weighted by molar-refractivity contribution is 5.79. The Kier molecular flexibility index (Phi) is 6.47. The molecule has 0 saturated carbocycles. The molecule has 130 valence electrons. The Morgan fingerprint density at radius 2 is 2.12 bits per heavy atom. The highest BCUT2D eigenvalue weighted by atomic mass is 19.3. The van der Waals surface area contributed by atoms with Gasteiger partial charge in [0.05, 0.1) is 13.1 Å². The van der Waals surface area contributed by atoms with E-state index in [1.54, 1.807) is 29.1 Å². The van der Waals surface area contributed by atoms with Gasteiger partial charge in [0.15, 0.2) is 11.8 Å². The molecular weight excluding hydrogens is 318 g/mol. The molecule has 0 fully saturated rings. The van der Waals surface area contributed by atoms with Crippen molar-refractivity contribution in [2.75, 3.05) is 6.54 Å². The fraction of sp³-hybridized carbons (Fsp3) is 0.400. The minimum atomic E-state index is -2.86. The van der Waals surface area contributed by atoms with Crippen molar-refractivity contribution < 1.29 is 13.5 Å². The van der Waals surface area contributed by atoms with Crippen molar-refractivity contribution in [1.82, 2.24) is 25.4 Å². The summed E-state index contributed by atoms with van der Waals surface area (Å²) in [6.07, 6.45) is 1.61. The Morgan fingerprint density at radius 1 is 1.33 bits per heavy atom. The number of nitrogens with one attached hydrogen (secondary N) is 2. The van der Waals surface area contributed by atoms with E-state index in [0.29, 0.717) is 24.6 Å². The van der Waals surface area contributed by atoms with Crippen molar-refractivity contribution in [2.24, 2.45) is 12.0 Å². The lowest BCUT2D eigenvalue weighted by atomic mass is 10.2. The number of aliphatic imine (C=N–C) groups is 1. The monoisotopic (exact) mass is 338 g/mol. The molecule has 0 aliphatic carbocycles. The summed E-state index contributed by atoms with van der Waals surface area (Å²) >= 11 is 0. The highest BCUT2D eigenvalue weighted by Crippen LogP contribution is 2.20. The normalized spacial score (nSPS) is 11.6. The van der Waals surface area contributed by atoms with Gasteiger partial charge < -0.3 is 19.9 Å². The van der Waals surface area contributed by atoms with Crippen LogP contribution in [0.25, 0.3) is 0 Å². The molecule has 2 rings (SSSR count). The van der Waals surface area contributed by atoms with Crippen LogP contribution in [-0.4, -0.2) is 33.9 Å². The lowest BCUT2D eigenvalue weighted by molar-refractivity contribution is -0.0504. The van der Waals surface area contributed by atoms with Crippen molar-refractivity contribution in [3.63, 3.8) is 0 Å². The number of ether oxygens (including phenoxy) is 1. The van der Waals surface area contributed by atoms with Crippen LogP contribution in [0.1, 0.15) is 18.3 Å². The van der Waals surface area contributed by atoms with Crippen LogP contribution in [0.5, 0.6) is 5.75 Å². The molecule has 0 unspecified atom stereocenters. The lowest BCUT2D eigenvalue weighted by Gasteiger charge is -2.12. The fourth-order valence-corrected chi connectivity index (χ4v) is 1.98. The van der Waals surface area contributed by atoms with E-state index in [2.05, 4.69) is 30.6 Å². The van der Waals surface area contributed by atoms with Crippen LogP contribution in [0.15, 0.2) is 35.6 Å². The second kappa shape index (κ2) is 8.80. The van der Waals surface area contributed by atoms with Crippen molar-refractivity contribution in [3.8, 4) is 5.75 Å². The number of para-hydroxylation sites is 1. The van der Waals surface area contributed by atoms with Gasteiger partial charge in [-0.1, -0.05) is 18.2 Å². The van der Waals surface area contributed by atoms with E-state index >= 15 is 0 Å². The number of alkyl halides is 2. The predicted molar refractivity (Wildman–Crippen MR) is 85.7 cm³/mol. The molecule has 0 aliphatic rings. The molecule has 0 atom stereocenters. The third kappa shape index (κ3) is 5.18. The zero-order valence-electron chi connectivity index (χ0n) is 13.5. The van der Waals surface area contributed by atoms with Crippen molar-refractivity contribution >= 4 is 5.96 Å². The maximum Gasteiger partial charge on any atom is 0.387 e. The average Bonchev–Trinajstić information content (AvgIpc) is 2.96. The van der Waals surface area contributed by atoms with Crippen LogP contribution in [0.4, 0.5) is 8.78 Å². The highest BCUT2D eigenvalue weighted by Gasteiger charge is 2.09. The molecule has 1 aromatic heterocycles. The number of halogens is 2. The minimum Gasteiger partial charge on any atom is -0.434 e. The zero-order valence-corrected chi connectivity index (χ0v) is 13.5. The summed E-state index contributed by atoms with van der Waals surface area (Å²) in [5.74, 6) is 1.43. The van der Waals surface area contributed by atoms with Crippen LogP contribution in [0, 0.1) is 0 Å². The first kappa shape index (κ1) is 17.6. The molecule has 0 saturated heterocycles. The average molecular weight is 338 g/mol. The molecule has 24 heavy (non-hydrogen) atoms. The quantitative estimate of drug-likeness (QED) is 0.593. The second-order valence-corrected chi connectivity index (χ2v) is 4.89. The Bertz CT molecular complexity index is 673. The van der Waals surface area contributed by atoms with Crippen LogP contribution in [0.3, 0.4) is 0 Å². The van der Waals surface area contributed by atoms with Gasteiger partial charge in [0, 0.05) is 19.2 Å². The van der Waals surface area contributed by atoms with Crippen LogP contribution in [-0.2, 0) is 20.1 Å². The third-order valence-electron chi connectivity index (χ3n) is 3.16. The number of guanidine groups is 1. The molecule has 1 aromatic carbocycles. The largest absolute Gasteiger partial charge is 0.434 e. The summed E-state index contributed by atoms with van der Waals surface area (Å²) in [5.41, 5.74) is 0.577. The summed E-state index contributed by atoms with van der Waals surface area (Å²) < 4.78 is 31.2. The van der Waals surface area contributed by atoms with E-state index in [1.807, 2.05) is 14.0 Å². The van der Waals surface area contributed by atoms with Gasteiger partial charge in [0.25, 0.3) is 0 Å². The maximum absolute atomic E-state index is 12.4. The van der Waals surface area contributed by atoms with Crippen molar-refractivity contribution in [2.45, 2.75) is 26.6 Å².